The van der Waals surface area contributed by atoms with Gasteiger partial charge in [-0.2, -0.15) is 0 Å². The quantitative estimate of drug-likeness (QED) is 0.750. The number of aryl methyl sites for hydroxylation is 1. The van der Waals surface area contributed by atoms with Gasteiger partial charge in [-0.25, -0.2) is 0 Å². The molecule has 0 radical (unpaired) electrons. The van der Waals surface area contributed by atoms with Crippen molar-refractivity contribution in [3.05, 3.63) is 47.7 Å². The van der Waals surface area contributed by atoms with Crippen molar-refractivity contribution in [3.8, 4) is 0 Å². The second kappa shape index (κ2) is 6.25. The molecular weight excluding hydrogens is 170 g/mol. The molecule has 0 spiro atoms. The summed E-state index contributed by atoms with van der Waals surface area (Å²) in [5, 5.41) is 3.20. The highest BCUT2D eigenvalue weighted by Gasteiger charge is 1.91. The molecule has 1 N–H and O–H groups in total. The molecule has 0 saturated heterocycles. The minimum absolute atomic E-state index is 1.09. The van der Waals surface area contributed by atoms with Crippen molar-refractivity contribution in [1.82, 2.24) is 5.32 Å². The molecule has 1 heteroatoms. The monoisotopic (exact) mass is 189 g/mol. The summed E-state index contributed by atoms with van der Waals surface area (Å²) in [4.78, 5) is 0. The zero-order chi connectivity index (χ0) is 10.2. The van der Waals surface area contributed by atoms with E-state index in [0.717, 1.165) is 19.3 Å². The standard InChI is InChI=1S/C13H19N/c1-3-13(14-2)11-7-10-12-8-5-4-6-9-12/h4-6,8-9,11,14H,3,7,10H2,1-2H3/b13-11-. The Labute approximate surface area is 86.8 Å². The third-order valence-electron chi connectivity index (χ3n) is 2.37. The van der Waals surface area contributed by atoms with Crippen LogP contribution in [0.4, 0.5) is 0 Å². The molecule has 1 aromatic rings. The lowest BCUT2D eigenvalue weighted by atomic mass is 10.1. The molecule has 0 aliphatic rings. The molecule has 0 saturated carbocycles. The molecule has 0 atom stereocenters. The Morgan fingerprint density at radius 2 is 2.00 bits per heavy atom. The Morgan fingerprint density at radius 1 is 1.29 bits per heavy atom. The summed E-state index contributed by atoms with van der Waals surface area (Å²) in [7, 11) is 1.98. The van der Waals surface area contributed by atoms with E-state index in [-0.39, 0.29) is 0 Å². The Balaban J connectivity index is 2.38. The fraction of sp³-hybridized carbons (Fsp3) is 0.385. The van der Waals surface area contributed by atoms with Gasteiger partial charge in [0.1, 0.15) is 0 Å². The number of allylic oxidation sites excluding steroid dienone is 2. The molecule has 0 aliphatic carbocycles. The van der Waals surface area contributed by atoms with Gasteiger partial charge in [-0.15, -0.1) is 0 Å². The van der Waals surface area contributed by atoms with Gasteiger partial charge in [0.15, 0.2) is 0 Å². The van der Waals surface area contributed by atoms with Crippen molar-refractivity contribution in [3.63, 3.8) is 0 Å². The number of rotatable bonds is 5. The van der Waals surface area contributed by atoms with Crippen molar-refractivity contribution in [2.45, 2.75) is 26.2 Å². The van der Waals surface area contributed by atoms with Crippen molar-refractivity contribution >= 4 is 0 Å². The average molecular weight is 189 g/mol. The summed E-state index contributed by atoms with van der Waals surface area (Å²) in [5.74, 6) is 0. The predicted molar refractivity (Wildman–Crippen MR) is 62.2 cm³/mol. The van der Waals surface area contributed by atoms with E-state index in [1.165, 1.54) is 11.3 Å². The van der Waals surface area contributed by atoms with Crippen molar-refractivity contribution in [2.75, 3.05) is 7.05 Å². The third kappa shape index (κ3) is 3.65. The Kier molecular flexibility index (Phi) is 4.84. The van der Waals surface area contributed by atoms with Gasteiger partial charge in [-0.05, 0) is 24.8 Å². The van der Waals surface area contributed by atoms with Gasteiger partial charge in [0.25, 0.3) is 0 Å². The zero-order valence-electron chi connectivity index (χ0n) is 9.09. The minimum Gasteiger partial charge on any atom is -0.392 e. The fourth-order valence-electron chi connectivity index (χ4n) is 1.48. The highest BCUT2D eigenvalue weighted by Crippen LogP contribution is 2.05. The molecule has 76 valence electrons. The number of hydrogen-bond acceptors (Lipinski definition) is 1. The third-order valence-corrected chi connectivity index (χ3v) is 2.37. The van der Waals surface area contributed by atoms with E-state index in [0.29, 0.717) is 0 Å². The highest BCUT2D eigenvalue weighted by atomic mass is 14.8. The molecular formula is C13H19N. The molecule has 0 unspecified atom stereocenters. The molecule has 14 heavy (non-hydrogen) atoms. The summed E-state index contributed by atoms with van der Waals surface area (Å²) in [6.07, 6.45) is 5.62. The summed E-state index contributed by atoms with van der Waals surface area (Å²) < 4.78 is 0. The van der Waals surface area contributed by atoms with E-state index in [2.05, 4.69) is 48.6 Å². The molecule has 0 amide bonds. The first-order valence-corrected chi connectivity index (χ1v) is 5.27. The maximum atomic E-state index is 3.20. The fourth-order valence-corrected chi connectivity index (χ4v) is 1.48. The molecule has 0 aromatic heterocycles. The van der Waals surface area contributed by atoms with Crippen LogP contribution in [-0.2, 0) is 6.42 Å². The van der Waals surface area contributed by atoms with Crippen LogP contribution < -0.4 is 5.32 Å². The average Bonchev–Trinajstić information content (AvgIpc) is 2.26. The van der Waals surface area contributed by atoms with Crippen LogP contribution in [0.3, 0.4) is 0 Å². The van der Waals surface area contributed by atoms with Crippen LogP contribution in [0.5, 0.6) is 0 Å². The van der Waals surface area contributed by atoms with Gasteiger partial charge in [0.2, 0.25) is 0 Å². The molecule has 1 rings (SSSR count). The van der Waals surface area contributed by atoms with Crippen molar-refractivity contribution in [1.29, 1.82) is 0 Å². The summed E-state index contributed by atoms with van der Waals surface area (Å²) >= 11 is 0. The van der Waals surface area contributed by atoms with E-state index in [9.17, 15) is 0 Å². The van der Waals surface area contributed by atoms with E-state index >= 15 is 0 Å². The first-order chi connectivity index (χ1) is 6.86. The van der Waals surface area contributed by atoms with Crippen LogP contribution in [0, 0.1) is 0 Å². The van der Waals surface area contributed by atoms with E-state index in [1.54, 1.807) is 0 Å². The summed E-state index contributed by atoms with van der Waals surface area (Å²) in [6, 6.07) is 10.6. The lowest BCUT2D eigenvalue weighted by Crippen LogP contribution is -2.04. The Hall–Kier alpha value is -1.24. The first-order valence-electron chi connectivity index (χ1n) is 5.27. The van der Waals surface area contributed by atoms with Gasteiger partial charge in [-0.3, -0.25) is 0 Å². The highest BCUT2D eigenvalue weighted by molar-refractivity contribution is 5.15. The van der Waals surface area contributed by atoms with E-state index in [4.69, 9.17) is 0 Å². The normalized spacial score (nSPS) is 11.4. The van der Waals surface area contributed by atoms with Gasteiger partial charge < -0.3 is 5.32 Å². The van der Waals surface area contributed by atoms with Gasteiger partial charge in [0, 0.05) is 12.7 Å². The lowest BCUT2D eigenvalue weighted by molar-refractivity contribution is 0.868. The zero-order valence-corrected chi connectivity index (χ0v) is 9.09. The number of nitrogens with one attached hydrogen (secondary N) is 1. The smallest absolute Gasteiger partial charge is 0.00608 e. The molecule has 1 aromatic carbocycles. The summed E-state index contributed by atoms with van der Waals surface area (Å²) in [5.41, 5.74) is 2.75. The van der Waals surface area contributed by atoms with E-state index < -0.39 is 0 Å². The SMILES string of the molecule is CC/C(=C/CCc1ccccc1)NC. The van der Waals surface area contributed by atoms with Crippen molar-refractivity contribution < 1.29 is 0 Å². The van der Waals surface area contributed by atoms with Gasteiger partial charge in [0.05, 0.1) is 0 Å². The van der Waals surface area contributed by atoms with Crippen LogP contribution in [0.25, 0.3) is 0 Å². The van der Waals surface area contributed by atoms with Crippen LogP contribution in [0.1, 0.15) is 25.3 Å². The van der Waals surface area contributed by atoms with E-state index in [1.807, 2.05) is 7.05 Å². The van der Waals surface area contributed by atoms with Gasteiger partial charge >= 0.3 is 0 Å². The number of hydrogen-bond donors (Lipinski definition) is 1. The molecule has 1 nitrogen and oxygen atoms in total. The van der Waals surface area contributed by atoms with Gasteiger partial charge in [-0.1, -0.05) is 43.3 Å². The largest absolute Gasteiger partial charge is 0.392 e. The second-order valence-electron chi connectivity index (χ2n) is 3.36. The maximum Gasteiger partial charge on any atom is 0.00608 e. The molecule has 0 fully saturated rings. The lowest BCUT2D eigenvalue weighted by Gasteiger charge is -2.03. The Bertz CT molecular complexity index is 269. The molecule has 0 heterocycles. The topological polar surface area (TPSA) is 12.0 Å². The van der Waals surface area contributed by atoms with Crippen LogP contribution in [-0.4, -0.2) is 7.05 Å². The van der Waals surface area contributed by atoms with Crippen LogP contribution >= 0.6 is 0 Å². The van der Waals surface area contributed by atoms with Crippen molar-refractivity contribution in [2.24, 2.45) is 0 Å². The predicted octanol–water partition coefficient (Wildman–Crippen LogP) is 3.13. The number of benzene rings is 1. The minimum atomic E-state index is 1.09. The first kappa shape index (κ1) is 10.8. The van der Waals surface area contributed by atoms with Crippen LogP contribution in [0.15, 0.2) is 42.1 Å². The Morgan fingerprint density at radius 3 is 2.57 bits per heavy atom. The van der Waals surface area contributed by atoms with Crippen LogP contribution in [0.2, 0.25) is 0 Å². The second-order valence-corrected chi connectivity index (χ2v) is 3.36. The molecule has 0 aliphatic heterocycles. The maximum absolute atomic E-state index is 3.20. The molecule has 0 bridgehead atoms. The summed E-state index contributed by atoms with van der Waals surface area (Å²) in [6.45, 7) is 2.17.